The van der Waals surface area contributed by atoms with Crippen LogP contribution in [-0.4, -0.2) is 33.7 Å². The van der Waals surface area contributed by atoms with Crippen LogP contribution >= 0.6 is 23.2 Å². The van der Waals surface area contributed by atoms with Gasteiger partial charge in [-0.25, -0.2) is 14.4 Å². The lowest BCUT2D eigenvalue weighted by atomic mass is 10.2. The lowest BCUT2D eigenvalue weighted by Gasteiger charge is -2.12. The summed E-state index contributed by atoms with van der Waals surface area (Å²) in [4.78, 5) is 20.5. The second kappa shape index (κ2) is 9.64. The maximum atomic E-state index is 11.9. The predicted molar refractivity (Wildman–Crippen MR) is 109 cm³/mol. The van der Waals surface area contributed by atoms with Gasteiger partial charge in [-0.3, -0.25) is 4.79 Å². The molecule has 1 aliphatic rings. The summed E-state index contributed by atoms with van der Waals surface area (Å²) in [7, 11) is 1.68. The Bertz CT molecular complexity index is 935. The van der Waals surface area contributed by atoms with Crippen molar-refractivity contribution in [2.75, 3.05) is 18.4 Å². The highest BCUT2D eigenvalue weighted by Gasteiger charge is 2.14. The van der Waals surface area contributed by atoms with Crippen molar-refractivity contribution in [3.63, 3.8) is 0 Å². The molecule has 0 saturated carbocycles. The highest BCUT2D eigenvalue weighted by Crippen LogP contribution is 2.18. The van der Waals surface area contributed by atoms with E-state index in [0.29, 0.717) is 17.1 Å². The molecule has 2 aromatic heterocycles. The molecule has 1 saturated heterocycles. The van der Waals surface area contributed by atoms with Crippen LogP contribution in [0.5, 0.6) is 0 Å². The summed E-state index contributed by atoms with van der Waals surface area (Å²) in [6.45, 7) is 8.17. The molecule has 1 aliphatic heterocycles. The summed E-state index contributed by atoms with van der Waals surface area (Å²) in [5.41, 5.74) is 0.928. The second-order valence-electron chi connectivity index (χ2n) is 5.90. The first-order valence-electron chi connectivity index (χ1n) is 8.14. The van der Waals surface area contributed by atoms with Gasteiger partial charge in [-0.1, -0.05) is 36.4 Å². The molecule has 2 N–H and O–H groups in total. The van der Waals surface area contributed by atoms with Crippen molar-refractivity contribution in [2.24, 2.45) is 7.05 Å². The predicted octanol–water partition coefficient (Wildman–Crippen LogP) is 3.45. The van der Waals surface area contributed by atoms with Gasteiger partial charge >= 0.3 is 0 Å². The van der Waals surface area contributed by atoms with Gasteiger partial charge in [0, 0.05) is 19.6 Å². The normalized spacial score (nSPS) is 16.6. The number of halogens is 3. The van der Waals surface area contributed by atoms with Crippen molar-refractivity contribution in [1.82, 2.24) is 19.9 Å². The minimum Gasteiger partial charge on any atom is -0.366 e. The Labute approximate surface area is 166 Å². The molecule has 9 heteroatoms. The highest BCUT2D eigenvalue weighted by atomic mass is 35.5. The van der Waals surface area contributed by atoms with E-state index >= 15 is 0 Å². The van der Waals surface area contributed by atoms with Crippen LogP contribution in [0.15, 0.2) is 58.4 Å². The summed E-state index contributed by atoms with van der Waals surface area (Å²) < 4.78 is 13.3. The van der Waals surface area contributed by atoms with Crippen LogP contribution in [0.2, 0.25) is 0 Å². The number of allylic oxidation sites excluding steroid dienone is 4. The van der Waals surface area contributed by atoms with Crippen LogP contribution < -0.4 is 16.2 Å². The Hall–Kier alpha value is -2.22. The van der Waals surface area contributed by atoms with Gasteiger partial charge in [0.1, 0.15) is 11.6 Å². The molecule has 3 rings (SSSR count). The van der Waals surface area contributed by atoms with Crippen molar-refractivity contribution in [3.05, 3.63) is 63.9 Å². The van der Waals surface area contributed by atoms with E-state index in [1.54, 1.807) is 7.05 Å². The molecular weight excluding hydrogens is 392 g/mol. The summed E-state index contributed by atoms with van der Waals surface area (Å²) in [5.74, 6) is 0.100. The number of fused-ring (bicyclic) bond motifs is 1. The topological polar surface area (TPSA) is 71.8 Å². The largest absolute Gasteiger partial charge is 0.366 e. The van der Waals surface area contributed by atoms with E-state index in [-0.39, 0.29) is 15.6 Å². The first kappa shape index (κ1) is 21.1. The van der Waals surface area contributed by atoms with Crippen LogP contribution in [0.3, 0.4) is 0 Å². The maximum absolute atomic E-state index is 11.9. The average molecular weight is 412 g/mol. The number of rotatable bonds is 4. The van der Waals surface area contributed by atoms with Crippen LogP contribution in [-0.2, 0) is 7.05 Å². The van der Waals surface area contributed by atoms with Gasteiger partial charge in [-0.05, 0) is 31.2 Å². The fourth-order valence-corrected chi connectivity index (χ4v) is 2.54. The number of nitrogens with zero attached hydrogens (tertiary/aromatic N) is 3. The first-order valence-corrected chi connectivity index (χ1v) is 8.89. The van der Waals surface area contributed by atoms with Crippen LogP contribution in [0.4, 0.5) is 10.2 Å². The van der Waals surface area contributed by atoms with Crippen molar-refractivity contribution >= 4 is 40.1 Å². The van der Waals surface area contributed by atoms with Crippen molar-refractivity contribution in [2.45, 2.75) is 12.5 Å². The summed E-state index contributed by atoms with van der Waals surface area (Å²) >= 11 is 10.6. The van der Waals surface area contributed by atoms with Gasteiger partial charge in [0.15, 0.2) is 5.52 Å². The molecule has 0 aliphatic carbocycles. The minimum atomic E-state index is -0.637. The fraction of sp³-hybridized carbons (Fsp3) is 0.278. The smallest absolute Gasteiger partial charge is 0.279 e. The van der Waals surface area contributed by atoms with Crippen molar-refractivity contribution < 1.29 is 4.39 Å². The van der Waals surface area contributed by atoms with Gasteiger partial charge in [0.2, 0.25) is 0 Å². The number of pyridine rings is 1. The minimum absolute atomic E-state index is 0.0733. The molecule has 2 aromatic rings. The molecule has 1 atom stereocenters. The quantitative estimate of drug-likeness (QED) is 0.753. The SMILES string of the molecule is C=C(F)/C=C(/Cl)C(=C)Cl.Cn1cnc2ccc(NC3CCNC3)nc2c1=O. The molecular formula is C18H20Cl2FN5O. The maximum Gasteiger partial charge on any atom is 0.279 e. The van der Waals surface area contributed by atoms with Gasteiger partial charge < -0.3 is 15.2 Å². The zero-order chi connectivity index (χ0) is 20.0. The highest BCUT2D eigenvalue weighted by molar-refractivity contribution is 6.43. The average Bonchev–Trinajstić information content (AvgIpc) is 3.11. The molecule has 27 heavy (non-hydrogen) atoms. The van der Waals surface area contributed by atoms with Gasteiger partial charge in [-0.15, -0.1) is 0 Å². The van der Waals surface area contributed by atoms with Gasteiger partial charge in [-0.2, -0.15) is 0 Å². The van der Waals surface area contributed by atoms with E-state index in [4.69, 9.17) is 23.2 Å². The number of aryl methyl sites for hydroxylation is 1. The van der Waals surface area contributed by atoms with E-state index in [1.807, 2.05) is 12.1 Å². The Morgan fingerprint density at radius 3 is 2.74 bits per heavy atom. The monoisotopic (exact) mass is 411 g/mol. The van der Waals surface area contributed by atoms with Crippen LogP contribution in [0.25, 0.3) is 11.0 Å². The van der Waals surface area contributed by atoms with Crippen molar-refractivity contribution in [3.8, 4) is 0 Å². The molecule has 6 nitrogen and oxygen atoms in total. The zero-order valence-electron chi connectivity index (χ0n) is 14.8. The Morgan fingerprint density at radius 1 is 1.44 bits per heavy atom. The number of nitrogens with one attached hydrogen (secondary N) is 2. The van der Waals surface area contributed by atoms with E-state index < -0.39 is 5.83 Å². The molecule has 144 valence electrons. The molecule has 0 radical (unpaired) electrons. The second-order valence-corrected chi connectivity index (χ2v) is 6.77. The van der Waals surface area contributed by atoms with Crippen molar-refractivity contribution in [1.29, 1.82) is 0 Å². The van der Waals surface area contributed by atoms with E-state index in [2.05, 4.69) is 33.8 Å². The van der Waals surface area contributed by atoms with Crippen LogP contribution in [0, 0.1) is 0 Å². The van der Waals surface area contributed by atoms with E-state index in [1.165, 1.54) is 10.9 Å². The molecule has 3 heterocycles. The summed E-state index contributed by atoms with van der Waals surface area (Å²) in [5, 5.41) is 6.79. The lowest BCUT2D eigenvalue weighted by molar-refractivity contribution is 0.671. The third-order valence-electron chi connectivity index (χ3n) is 3.72. The molecule has 1 fully saturated rings. The standard InChI is InChI=1S/C12H15N5O.C6H5Cl2F/c1-17-7-14-9-2-3-10(16-11(9)12(17)18)15-8-4-5-13-6-8;1-4(9)3-6(8)5(2)7/h2-3,7-8,13H,4-6H2,1H3,(H,15,16);3H,1-2H2/b;6-3+. The number of hydrogen-bond donors (Lipinski definition) is 2. The molecule has 0 spiro atoms. The number of anilines is 1. The summed E-state index contributed by atoms with van der Waals surface area (Å²) in [6, 6.07) is 4.08. The Kier molecular flexibility index (Phi) is 7.53. The molecule has 0 amide bonds. The van der Waals surface area contributed by atoms with E-state index in [9.17, 15) is 9.18 Å². The van der Waals surface area contributed by atoms with Crippen LogP contribution in [0.1, 0.15) is 6.42 Å². The molecule has 0 bridgehead atoms. The third kappa shape index (κ3) is 6.16. The fourth-order valence-electron chi connectivity index (χ4n) is 2.36. The molecule has 1 unspecified atom stereocenters. The number of hydrogen-bond acceptors (Lipinski definition) is 5. The Balaban J connectivity index is 0.000000249. The van der Waals surface area contributed by atoms with E-state index in [0.717, 1.165) is 31.4 Å². The first-order chi connectivity index (χ1) is 12.8. The zero-order valence-corrected chi connectivity index (χ0v) is 16.3. The van der Waals surface area contributed by atoms with Gasteiger partial charge in [0.25, 0.3) is 5.56 Å². The molecule has 0 aromatic carbocycles. The van der Waals surface area contributed by atoms with Gasteiger partial charge in [0.05, 0.1) is 21.9 Å². The summed E-state index contributed by atoms with van der Waals surface area (Å²) in [6.07, 6.45) is 3.59. The number of aromatic nitrogens is 3. The third-order valence-corrected chi connectivity index (χ3v) is 4.36. The lowest BCUT2D eigenvalue weighted by Crippen LogP contribution is -2.23. The Morgan fingerprint density at radius 2 is 2.19 bits per heavy atom.